The van der Waals surface area contributed by atoms with Crippen LogP contribution in [-0.2, 0) is 21.7 Å². The fraction of sp³-hybridized carbons (Fsp3) is 0.360. The van der Waals surface area contributed by atoms with Crippen LogP contribution in [0.5, 0.6) is 11.5 Å². The van der Waals surface area contributed by atoms with E-state index < -0.39 is 0 Å². The molecule has 55 heavy (non-hydrogen) atoms. The molecule has 5 nitrogen and oxygen atoms in total. The van der Waals surface area contributed by atoms with E-state index in [1.54, 1.807) is 12.4 Å². The summed E-state index contributed by atoms with van der Waals surface area (Å²) < 4.78 is 0. The van der Waals surface area contributed by atoms with Crippen molar-refractivity contribution in [2.24, 2.45) is 9.98 Å². The number of phenols is 2. The maximum atomic E-state index is 11.0. The quantitative estimate of drug-likeness (QED) is 0.171. The normalized spacial score (nSPS) is 12.5. The van der Waals surface area contributed by atoms with Crippen LogP contribution in [-0.4, -0.2) is 29.7 Å². The molecule has 0 spiro atoms. The molecule has 0 aliphatic carbocycles. The van der Waals surface area contributed by atoms with Gasteiger partial charge in [0.2, 0.25) is 0 Å². The van der Waals surface area contributed by atoms with Gasteiger partial charge in [-0.3, -0.25) is 9.98 Å². The van der Waals surface area contributed by atoms with Crippen LogP contribution in [0.1, 0.15) is 122 Å². The minimum absolute atomic E-state index is 0.0129. The summed E-state index contributed by atoms with van der Waals surface area (Å²) in [5.74, 6) is 0.631. The van der Waals surface area contributed by atoms with Crippen LogP contribution in [0.2, 0.25) is 0 Å². The van der Waals surface area contributed by atoms with Crippen LogP contribution in [0.25, 0.3) is 0 Å². The standard InChI is InChI=1S/C28H34N2O.C22H29NO/c1-27(2,3)21-17-20(26(31)23(18-21)28(4,5)6)19-29-24-15-11-12-16-25(24)30(7)22-13-9-8-10-14-22;1-15-10-8-9-11-19(15)23-14-16-12-17(21(2,3)4)13-18(20(16)24)22(5,6)7/h8-19,31H,1-7H3;8-14,24H,1-7H3. The Bertz CT molecular complexity index is 2130. The van der Waals surface area contributed by atoms with Crippen LogP contribution < -0.4 is 4.90 Å². The number of hydrogen-bond donors (Lipinski definition) is 2. The molecule has 0 aliphatic rings. The number of anilines is 2. The molecule has 0 saturated heterocycles. The lowest BCUT2D eigenvalue weighted by Gasteiger charge is -2.27. The van der Waals surface area contributed by atoms with E-state index in [2.05, 4.69) is 129 Å². The maximum Gasteiger partial charge on any atom is 0.128 e. The minimum Gasteiger partial charge on any atom is -0.507 e. The van der Waals surface area contributed by atoms with Crippen molar-refractivity contribution in [2.45, 2.75) is 112 Å². The predicted octanol–water partition coefficient (Wildman–Crippen LogP) is 13.6. The lowest BCUT2D eigenvalue weighted by atomic mass is 9.79. The minimum atomic E-state index is -0.167. The number of aliphatic imine (C=N–C) groups is 2. The number of aromatic hydroxyl groups is 2. The number of benzene rings is 5. The number of aryl methyl sites for hydroxylation is 1. The van der Waals surface area contributed by atoms with Gasteiger partial charge in [-0.15, -0.1) is 0 Å². The molecule has 0 fully saturated rings. The SMILES string of the molecule is CN(c1ccccc1)c1ccccc1N=Cc1cc(C(C)(C)C)cc(C(C)(C)C)c1O.Cc1ccccc1N=Cc1cc(C(C)(C)C)cc(C(C)(C)C)c1O. The molecule has 0 unspecified atom stereocenters. The van der Waals surface area contributed by atoms with Crippen molar-refractivity contribution in [1.82, 2.24) is 0 Å². The Morgan fingerprint density at radius 1 is 0.491 bits per heavy atom. The molecule has 2 N–H and O–H groups in total. The number of para-hydroxylation sites is 4. The molecule has 0 atom stereocenters. The molecule has 0 amide bonds. The first-order valence-electron chi connectivity index (χ1n) is 19.3. The Morgan fingerprint density at radius 3 is 1.33 bits per heavy atom. The van der Waals surface area contributed by atoms with Crippen molar-refractivity contribution in [3.63, 3.8) is 0 Å². The predicted molar refractivity (Wildman–Crippen MR) is 238 cm³/mol. The van der Waals surface area contributed by atoms with Gasteiger partial charge in [0.25, 0.3) is 0 Å². The smallest absolute Gasteiger partial charge is 0.128 e. The van der Waals surface area contributed by atoms with Gasteiger partial charge in [0.15, 0.2) is 0 Å². The molecule has 0 bridgehead atoms. The molecule has 0 aliphatic heterocycles. The Balaban J connectivity index is 0.000000253. The van der Waals surface area contributed by atoms with Crippen molar-refractivity contribution in [3.05, 3.63) is 142 Å². The van der Waals surface area contributed by atoms with Gasteiger partial charge in [-0.1, -0.05) is 144 Å². The summed E-state index contributed by atoms with van der Waals surface area (Å²) in [7, 11) is 2.04. The molecule has 5 aromatic carbocycles. The lowest BCUT2D eigenvalue weighted by molar-refractivity contribution is 0.443. The third-order valence-electron chi connectivity index (χ3n) is 9.81. The van der Waals surface area contributed by atoms with Crippen LogP contribution >= 0.6 is 0 Å². The summed E-state index contributed by atoms with van der Waals surface area (Å²) >= 11 is 0. The average molecular weight is 738 g/mol. The second-order valence-electron chi connectivity index (χ2n) is 18.6. The second kappa shape index (κ2) is 16.7. The molecule has 0 heterocycles. The van der Waals surface area contributed by atoms with Crippen molar-refractivity contribution >= 4 is 35.2 Å². The van der Waals surface area contributed by atoms with E-state index in [0.29, 0.717) is 11.5 Å². The fourth-order valence-corrected chi connectivity index (χ4v) is 6.15. The van der Waals surface area contributed by atoms with E-state index >= 15 is 0 Å². The van der Waals surface area contributed by atoms with Gasteiger partial charge in [-0.2, -0.15) is 0 Å². The zero-order chi connectivity index (χ0) is 40.9. The lowest BCUT2D eigenvalue weighted by Crippen LogP contribution is -2.17. The van der Waals surface area contributed by atoms with Crippen LogP contribution in [0.3, 0.4) is 0 Å². The summed E-state index contributed by atoms with van der Waals surface area (Å²) in [6.07, 6.45) is 3.57. The highest BCUT2D eigenvalue weighted by molar-refractivity contribution is 5.89. The third kappa shape index (κ3) is 11.0. The van der Waals surface area contributed by atoms with Crippen LogP contribution in [0.15, 0.2) is 113 Å². The summed E-state index contributed by atoms with van der Waals surface area (Å²) in [4.78, 5) is 11.5. The van der Waals surface area contributed by atoms with E-state index in [9.17, 15) is 10.2 Å². The van der Waals surface area contributed by atoms with Crippen molar-refractivity contribution in [3.8, 4) is 11.5 Å². The first-order valence-corrected chi connectivity index (χ1v) is 19.3. The topological polar surface area (TPSA) is 68.4 Å². The van der Waals surface area contributed by atoms with Gasteiger partial charge >= 0.3 is 0 Å². The van der Waals surface area contributed by atoms with Gasteiger partial charge in [0, 0.05) is 47.4 Å². The van der Waals surface area contributed by atoms with E-state index in [-0.39, 0.29) is 21.7 Å². The van der Waals surface area contributed by atoms with Gasteiger partial charge in [0.1, 0.15) is 11.5 Å². The number of nitrogens with zero attached hydrogens (tertiary/aromatic N) is 3. The van der Waals surface area contributed by atoms with Gasteiger partial charge in [-0.25, -0.2) is 0 Å². The van der Waals surface area contributed by atoms with Crippen molar-refractivity contribution in [2.75, 3.05) is 11.9 Å². The van der Waals surface area contributed by atoms with E-state index in [1.165, 1.54) is 11.1 Å². The monoisotopic (exact) mass is 737 g/mol. The Morgan fingerprint density at radius 2 is 0.891 bits per heavy atom. The van der Waals surface area contributed by atoms with Gasteiger partial charge in [-0.05, 0) is 87.7 Å². The first kappa shape index (κ1) is 42.6. The number of rotatable bonds is 6. The molecule has 5 rings (SSSR count). The molecule has 5 aromatic rings. The Kier molecular flexibility index (Phi) is 12.9. The summed E-state index contributed by atoms with van der Waals surface area (Å²) in [5, 5.41) is 21.8. The fourth-order valence-electron chi connectivity index (χ4n) is 6.15. The molecular formula is C50H63N3O2. The Labute approximate surface area is 331 Å². The van der Waals surface area contributed by atoms with Crippen LogP contribution in [0.4, 0.5) is 22.7 Å². The molecular weight excluding hydrogens is 675 g/mol. The average Bonchev–Trinajstić information content (AvgIpc) is 3.10. The zero-order valence-corrected chi connectivity index (χ0v) is 35.7. The highest BCUT2D eigenvalue weighted by Gasteiger charge is 2.26. The summed E-state index contributed by atoms with van der Waals surface area (Å²) in [6.45, 7) is 27.9. The first-order chi connectivity index (χ1) is 25.5. The molecule has 0 radical (unpaired) electrons. The Hall–Kier alpha value is -5.16. The van der Waals surface area contributed by atoms with E-state index in [4.69, 9.17) is 4.99 Å². The van der Waals surface area contributed by atoms with Gasteiger partial charge in [0.05, 0.1) is 17.1 Å². The highest BCUT2D eigenvalue weighted by atomic mass is 16.3. The molecule has 290 valence electrons. The largest absolute Gasteiger partial charge is 0.507 e. The zero-order valence-electron chi connectivity index (χ0n) is 35.7. The second-order valence-corrected chi connectivity index (χ2v) is 18.6. The molecule has 5 heteroatoms. The number of phenolic OH excluding ortho intramolecular Hbond substituents is 2. The summed E-state index contributed by atoms with van der Waals surface area (Å²) in [6, 6.07) is 34.7. The maximum absolute atomic E-state index is 11.0. The van der Waals surface area contributed by atoms with Crippen LogP contribution in [0, 0.1) is 6.92 Å². The van der Waals surface area contributed by atoms with Gasteiger partial charge < -0.3 is 15.1 Å². The van der Waals surface area contributed by atoms with E-state index in [1.807, 2.05) is 80.7 Å². The highest BCUT2D eigenvalue weighted by Crippen LogP contribution is 2.39. The third-order valence-corrected chi connectivity index (χ3v) is 9.81. The summed E-state index contributed by atoms with van der Waals surface area (Å²) in [5.41, 5.74) is 10.5. The number of hydrogen-bond acceptors (Lipinski definition) is 5. The van der Waals surface area contributed by atoms with Crippen molar-refractivity contribution in [1.29, 1.82) is 0 Å². The van der Waals surface area contributed by atoms with Crippen molar-refractivity contribution < 1.29 is 10.2 Å². The molecule has 0 saturated carbocycles. The van der Waals surface area contributed by atoms with E-state index in [0.717, 1.165) is 50.6 Å². The molecule has 0 aromatic heterocycles.